The Balaban J connectivity index is 2.04. The van der Waals surface area contributed by atoms with Gasteiger partial charge in [-0.3, -0.25) is 0 Å². The number of anilines is 1. The number of nitrogens with two attached hydrogens (primary N) is 1. The highest BCUT2D eigenvalue weighted by molar-refractivity contribution is 5.33. The first-order chi connectivity index (χ1) is 8.13. The molecule has 0 aliphatic carbocycles. The topological polar surface area (TPSA) is 48.1 Å². The molecule has 2 rings (SSSR count). The SMILES string of the molecule is Cc1cc(C)cc(OCc2ccc(N)nc2)c1. The maximum Gasteiger partial charge on any atom is 0.123 e. The van der Waals surface area contributed by atoms with Gasteiger partial charge in [-0.05, 0) is 43.2 Å². The third-order valence-corrected chi connectivity index (χ3v) is 2.45. The summed E-state index contributed by atoms with van der Waals surface area (Å²) in [6.45, 7) is 4.63. The Labute approximate surface area is 101 Å². The van der Waals surface area contributed by atoms with Crippen molar-refractivity contribution in [3.8, 4) is 5.75 Å². The third-order valence-electron chi connectivity index (χ3n) is 2.45. The van der Waals surface area contributed by atoms with Gasteiger partial charge < -0.3 is 10.5 Å². The molecule has 1 heterocycles. The van der Waals surface area contributed by atoms with E-state index in [-0.39, 0.29) is 0 Å². The molecule has 0 bridgehead atoms. The Morgan fingerprint density at radius 1 is 1.12 bits per heavy atom. The largest absolute Gasteiger partial charge is 0.489 e. The first-order valence-corrected chi connectivity index (χ1v) is 5.55. The van der Waals surface area contributed by atoms with E-state index < -0.39 is 0 Å². The second-order valence-electron chi connectivity index (χ2n) is 4.20. The summed E-state index contributed by atoms with van der Waals surface area (Å²) in [5.74, 6) is 1.42. The van der Waals surface area contributed by atoms with E-state index in [4.69, 9.17) is 10.5 Å². The normalized spacial score (nSPS) is 10.2. The number of nitrogen functional groups attached to an aromatic ring is 1. The maximum absolute atomic E-state index is 5.71. The monoisotopic (exact) mass is 228 g/mol. The molecule has 0 aliphatic rings. The molecule has 17 heavy (non-hydrogen) atoms. The second kappa shape index (κ2) is 4.87. The van der Waals surface area contributed by atoms with Crippen molar-refractivity contribution >= 4 is 5.82 Å². The molecule has 0 amide bonds. The number of aryl methyl sites for hydroxylation is 2. The van der Waals surface area contributed by atoms with Gasteiger partial charge in [0.05, 0.1) is 0 Å². The van der Waals surface area contributed by atoms with Crippen LogP contribution in [0.5, 0.6) is 5.75 Å². The lowest BCUT2D eigenvalue weighted by atomic mass is 10.1. The zero-order valence-corrected chi connectivity index (χ0v) is 10.1. The van der Waals surface area contributed by atoms with E-state index in [1.807, 2.05) is 18.2 Å². The number of pyridine rings is 1. The van der Waals surface area contributed by atoms with Gasteiger partial charge in [0, 0.05) is 11.8 Å². The standard InChI is InChI=1S/C14H16N2O/c1-10-5-11(2)7-13(6-10)17-9-12-3-4-14(15)16-8-12/h3-8H,9H2,1-2H3,(H2,15,16). The van der Waals surface area contributed by atoms with Crippen LogP contribution in [0.4, 0.5) is 5.82 Å². The van der Waals surface area contributed by atoms with E-state index in [0.29, 0.717) is 12.4 Å². The van der Waals surface area contributed by atoms with E-state index in [9.17, 15) is 0 Å². The fourth-order valence-electron chi connectivity index (χ4n) is 1.70. The van der Waals surface area contributed by atoms with Crippen LogP contribution in [0.2, 0.25) is 0 Å². The molecular formula is C14H16N2O. The predicted octanol–water partition coefficient (Wildman–Crippen LogP) is 2.86. The van der Waals surface area contributed by atoms with Gasteiger partial charge in [-0.1, -0.05) is 12.1 Å². The number of aromatic nitrogens is 1. The first-order valence-electron chi connectivity index (χ1n) is 5.55. The predicted molar refractivity (Wildman–Crippen MR) is 68.9 cm³/mol. The van der Waals surface area contributed by atoms with E-state index in [2.05, 4.69) is 24.9 Å². The summed E-state index contributed by atoms with van der Waals surface area (Å²) in [4.78, 5) is 4.02. The van der Waals surface area contributed by atoms with Crippen molar-refractivity contribution in [2.45, 2.75) is 20.5 Å². The van der Waals surface area contributed by atoms with Gasteiger partial charge in [-0.15, -0.1) is 0 Å². The molecule has 0 unspecified atom stereocenters. The van der Waals surface area contributed by atoms with Gasteiger partial charge in [0.2, 0.25) is 0 Å². The number of rotatable bonds is 3. The molecule has 1 aromatic heterocycles. The van der Waals surface area contributed by atoms with Crippen molar-refractivity contribution in [1.82, 2.24) is 4.98 Å². The highest BCUT2D eigenvalue weighted by Gasteiger charge is 1.98. The van der Waals surface area contributed by atoms with E-state index in [1.54, 1.807) is 12.3 Å². The van der Waals surface area contributed by atoms with E-state index >= 15 is 0 Å². The smallest absolute Gasteiger partial charge is 0.123 e. The summed E-state index contributed by atoms with van der Waals surface area (Å²) in [6.07, 6.45) is 1.73. The van der Waals surface area contributed by atoms with Crippen LogP contribution in [-0.4, -0.2) is 4.98 Å². The molecule has 0 atom stereocenters. The summed E-state index contributed by atoms with van der Waals surface area (Å²) in [6, 6.07) is 9.87. The van der Waals surface area contributed by atoms with Crippen LogP contribution in [0, 0.1) is 13.8 Å². The minimum absolute atomic E-state index is 0.510. The van der Waals surface area contributed by atoms with Crippen LogP contribution in [0.15, 0.2) is 36.5 Å². The third kappa shape index (κ3) is 3.21. The van der Waals surface area contributed by atoms with E-state index in [0.717, 1.165) is 11.3 Å². The van der Waals surface area contributed by atoms with Crippen molar-refractivity contribution in [3.63, 3.8) is 0 Å². The highest BCUT2D eigenvalue weighted by atomic mass is 16.5. The van der Waals surface area contributed by atoms with Crippen LogP contribution < -0.4 is 10.5 Å². The second-order valence-corrected chi connectivity index (χ2v) is 4.20. The lowest BCUT2D eigenvalue weighted by Crippen LogP contribution is -1.98. The average Bonchev–Trinajstić information content (AvgIpc) is 2.27. The Kier molecular flexibility index (Phi) is 3.28. The van der Waals surface area contributed by atoms with Gasteiger partial charge in [0.15, 0.2) is 0 Å². The molecule has 2 N–H and O–H groups in total. The molecule has 1 aromatic carbocycles. The van der Waals surface area contributed by atoms with Crippen molar-refractivity contribution in [2.75, 3.05) is 5.73 Å². The lowest BCUT2D eigenvalue weighted by Gasteiger charge is -2.08. The number of nitrogens with zero attached hydrogens (tertiary/aromatic N) is 1. The zero-order chi connectivity index (χ0) is 12.3. The molecule has 3 nitrogen and oxygen atoms in total. The van der Waals surface area contributed by atoms with Crippen molar-refractivity contribution in [2.24, 2.45) is 0 Å². The maximum atomic E-state index is 5.71. The van der Waals surface area contributed by atoms with Gasteiger partial charge in [0.25, 0.3) is 0 Å². The van der Waals surface area contributed by atoms with E-state index in [1.165, 1.54) is 11.1 Å². The molecule has 0 fully saturated rings. The van der Waals surface area contributed by atoms with Gasteiger partial charge in [0.1, 0.15) is 18.2 Å². The minimum atomic E-state index is 0.510. The summed E-state index contributed by atoms with van der Waals surface area (Å²) in [5, 5.41) is 0. The first kappa shape index (κ1) is 11.5. The number of ether oxygens (including phenoxy) is 1. The molecule has 0 saturated carbocycles. The summed E-state index contributed by atoms with van der Waals surface area (Å²) >= 11 is 0. The van der Waals surface area contributed by atoms with Crippen molar-refractivity contribution in [3.05, 3.63) is 53.2 Å². The average molecular weight is 228 g/mol. The molecule has 3 heteroatoms. The molecule has 0 aliphatic heterocycles. The molecule has 2 aromatic rings. The van der Waals surface area contributed by atoms with Gasteiger partial charge in [-0.2, -0.15) is 0 Å². The number of benzene rings is 1. The summed E-state index contributed by atoms with van der Waals surface area (Å²) in [5.41, 5.74) is 8.94. The fourth-order valence-corrected chi connectivity index (χ4v) is 1.70. The molecule has 0 radical (unpaired) electrons. The van der Waals surface area contributed by atoms with Gasteiger partial charge in [-0.25, -0.2) is 4.98 Å². The van der Waals surface area contributed by atoms with Crippen LogP contribution in [-0.2, 0) is 6.61 Å². The number of hydrogen-bond acceptors (Lipinski definition) is 3. The van der Waals surface area contributed by atoms with Gasteiger partial charge >= 0.3 is 0 Å². The van der Waals surface area contributed by atoms with Crippen molar-refractivity contribution in [1.29, 1.82) is 0 Å². The Morgan fingerprint density at radius 3 is 2.41 bits per heavy atom. The Morgan fingerprint density at radius 2 is 1.82 bits per heavy atom. The Hall–Kier alpha value is -2.03. The highest BCUT2D eigenvalue weighted by Crippen LogP contribution is 2.17. The quantitative estimate of drug-likeness (QED) is 0.878. The van der Waals surface area contributed by atoms with Crippen LogP contribution in [0.25, 0.3) is 0 Å². The zero-order valence-electron chi connectivity index (χ0n) is 10.1. The minimum Gasteiger partial charge on any atom is -0.489 e. The van der Waals surface area contributed by atoms with Crippen LogP contribution in [0.1, 0.15) is 16.7 Å². The molecule has 0 spiro atoms. The molecular weight excluding hydrogens is 212 g/mol. The Bertz CT molecular complexity index is 486. The van der Waals surface area contributed by atoms with Crippen LogP contribution >= 0.6 is 0 Å². The van der Waals surface area contributed by atoms with Crippen LogP contribution in [0.3, 0.4) is 0 Å². The molecule has 88 valence electrons. The molecule has 0 saturated heterocycles. The number of hydrogen-bond donors (Lipinski definition) is 1. The summed E-state index contributed by atoms with van der Waals surface area (Å²) in [7, 11) is 0. The summed E-state index contributed by atoms with van der Waals surface area (Å²) < 4.78 is 5.71. The lowest BCUT2D eigenvalue weighted by molar-refractivity contribution is 0.305. The fraction of sp³-hybridized carbons (Fsp3) is 0.214. The van der Waals surface area contributed by atoms with Crippen molar-refractivity contribution < 1.29 is 4.74 Å².